The van der Waals surface area contributed by atoms with Crippen molar-refractivity contribution in [3.05, 3.63) is 66.7 Å². The third-order valence-electron chi connectivity index (χ3n) is 5.57. The molecule has 162 valence electrons. The third kappa shape index (κ3) is 4.38. The topological polar surface area (TPSA) is 64.6 Å². The van der Waals surface area contributed by atoms with Crippen LogP contribution >= 0.6 is 22.7 Å². The van der Waals surface area contributed by atoms with Crippen LogP contribution in [0.1, 0.15) is 59.1 Å². The maximum atomic E-state index is 12.8. The van der Waals surface area contributed by atoms with Gasteiger partial charge in [0.2, 0.25) is 0 Å². The summed E-state index contributed by atoms with van der Waals surface area (Å²) in [6, 6.07) is 6.02. The van der Waals surface area contributed by atoms with Crippen LogP contribution in [0.15, 0.2) is 23.6 Å². The van der Waals surface area contributed by atoms with E-state index in [9.17, 15) is 9.59 Å². The summed E-state index contributed by atoms with van der Waals surface area (Å²) in [6.45, 7) is 6.57. The number of thiophene rings is 2. The lowest BCUT2D eigenvalue weighted by Crippen LogP contribution is -2.13. The van der Waals surface area contributed by atoms with Gasteiger partial charge in [-0.1, -0.05) is 6.07 Å². The summed E-state index contributed by atoms with van der Waals surface area (Å²) in [5, 5.41) is 5.45. The summed E-state index contributed by atoms with van der Waals surface area (Å²) in [5.41, 5.74) is 5.96. The van der Waals surface area contributed by atoms with E-state index in [1.165, 1.54) is 40.2 Å². The third-order valence-corrected chi connectivity index (χ3v) is 7.76. The molecule has 2 heterocycles. The van der Waals surface area contributed by atoms with Crippen LogP contribution in [0.2, 0.25) is 0 Å². The maximum Gasteiger partial charge on any atom is 0.341 e. The molecule has 1 amide bonds. The van der Waals surface area contributed by atoms with Crippen molar-refractivity contribution in [2.75, 3.05) is 12.4 Å². The second-order valence-corrected chi connectivity index (χ2v) is 9.84. The zero-order valence-corrected chi connectivity index (χ0v) is 19.7. The van der Waals surface area contributed by atoms with Gasteiger partial charge < -0.3 is 14.8 Å². The molecule has 0 saturated heterocycles. The first-order chi connectivity index (χ1) is 14.9. The normalized spacial score (nSPS) is 12.5. The quantitative estimate of drug-likeness (QED) is 0.474. The second-order valence-electron chi connectivity index (χ2n) is 7.82. The average molecular weight is 456 g/mol. The first-order valence-electron chi connectivity index (χ1n) is 10.2. The molecule has 0 spiro atoms. The second kappa shape index (κ2) is 8.85. The minimum Gasteiger partial charge on any atom is -0.489 e. The van der Waals surface area contributed by atoms with Crippen LogP contribution in [0, 0.1) is 20.8 Å². The van der Waals surface area contributed by atoms with E-state index in [1.807, 2.05) is 24.4 Å². The number of esters is 1. The Morgan fingerprint density at radius 2 is 1.94 bits per heavy atom. The van der Waals surface area contributed by atoms with Crippen LogP contribution in [0.3, 0.4) is 0 Å². The number of anilines is 1. The number of benzene rings is 1. The predicted octanol–water partition coefficient (Wildman–Crippen LogP) is 5.84. The Balaban J connectivity index is 1.47. The highest BCUT2D eigenvalue weighted by Gasteiger charge is 2.28. The lowest BCUT2D eigenvalue weighted by molar-refractivity contribution is 0.0601. The summed E-state index contributed by atoms with van der Waals surface area (Å²) >= 11 is 2.85. The van der Waals surface area contributed by atoms with Gasteiger partial charge in [-0.2, -0.15) is 0 Å². The number of carbonyl (C=O) groups excluding carboxylic acids is 2. The molecule has 2 aromatic heterocycles. The van der Waals surface area contributed by atoms with Crippen LogP contribution in [0.4, 0.5) is 5.00 Å². The van der Waals surface area contributed by atoms with Crippen molar-refractivity contribution in [2.45, 2.75) is 46.6 Å². The van der Waals surface area contributed by atoms with Gasteiger partial charge >= 0.3 is 5.97 Å². The molecule has 0 unspecified atom stereocenters. The minimum atomic E-state index is -0.390. The van der Waals surface area contributed by atoms with Gasteiger partial charge in [0.05, 0.1) is 17.6 Å². The van der Waals surface area contributed by atoms with Gasteiger partial charge in [-0.15, -0.1) is 22.7 Å². The summed E-state index contributed by atoms with van der Waals surface area (Å²) in [7, 11) is 1.37. The van der Waals surface area contributed by atoms with Crippen LogP contribution in [0.25, 0.3) is 0 Å². The van der Waals surface area contributed by atoms with E-state index in [-0.39, 0.29) is 5.91 Å². The molecule has 0 saturated carbocycles. The largest absolute Gasteiger partial charge is 0.489 e. The Hall–Kier alpha value is -2.64. The van der Waals surface area contributed by atoms with Crippen LogP contribution < -0.4 is 10.1 Å². The molecule has 3 aromatic rings. The van der Waals surface area contributed by atoms with Gasteiger partial charge in [0.25, 0.3) is 5.91 Å². The van der Waals surface area contributed by atoms with Crippen molar-refractivity contribution in [3.63, 3.8) is 0 Å². The lowest BCUT2D eigenvalue weighted by Gasteiger charge is -2.11. The molecule has 0 fully saturated rings. The van der Waals surface area contributed by atoms with E-state index in [0.29, 0.717) is 22.0 Å². The highest BCUT2D eigenvalue weighted by atomic mass is 32.1. The Labute approximate surface area is 190 Å². The van der Waals surface area contributed by atoms with E-state index >= 15 is 0 Å². The molecule has 5 nitrogen and oxygen atoms in total. The van der Waals surface area contributed by atoms with Crippen molar-refractivity contribution < 1.29 is 19.1 Å². The fraction of sp³-hybridized carbons (Fsp3) is 0.333. The van der Waals surface area contributed by atoms with Crippen molar-refractivity contribution in [1.82, 2.24) is 0 Å². The summed E-state index contributed by atoms with van der Waals surface area (Å²) in [6.07, 6.45) is 2.83. The van der Waals surface area contributed by atoms with Crippen molar-refractivity contribution in [1.29, 1.82) is 0 Å². The first kappa shape index (κ1) is 21.6. The van der Waals surface area contributed by atoms with Gasteiger partial charge in [-0.05, 0) is 79.8 Å². The highest BCUT2D eigenvalue weighted by Crippen LogP contribution is 2.39. The van der Waals surface area contributed by atoms with Gasteiger partial charge in [-0.25, -0.2) is 4.79 Å². The summed E-state index contributed by atoms with van der Waals surface area (Å²) in [4.78, 5) is 26.9. The van der Waals surface area contributed by atoms with Gasteiger partial charge in [0, 0.05) is 10.4 Å². The first-order valence-corrected chi connectivity index (χ1v) is 11.9. The van der Waals surface area contributed by atoms with Crippen molar-refractivity contribution in [2.24, 2.45) is 0 Å². The van der Waals surface area contributed by atoms with Gasteiger partial charge in [-0.3, -0.25) is 4.79 Å². The molecule has 31 heavy (non-hydrogen) atoms. The summed E-state index contributed by atoms with van der Waals surface area (Å²) in [5.74, 6) is 0.258. The maximum absolute atomic E-state index is 12.8. The monoisotopic (exact) mass is 455 g/mol. The molecule has 0 aliphatic heterocycles. The summed E-state index contributed by atoms with van der Waals surface area (Å²) < 4.78 is 11.0. The molecule has 4 rings (SSSR count). The number of methoxy groups -OCH3 is 1. The highest BCUT2D eigenvalue weighted by molar-refractivity contribution is 7.17. The Bertz CT molecular complexity index is 1160. The van der Waals surface area contributed by atoms with Gasteiger partial charge in [0.15, 0.2) is 0 Å². The van der Waals surface area contributed by atoms with E-state index < -0.39 is 5.97 Å². The molecular formula is C24H25NO4S2. The number of rotatable bonds is 6. The predicted molar refractivity (Wildman–Crippen MR) is 125 cm³/mol. The average Bonchev–Trinajstić information content (AvgIpc) is 3.45. The van der Waals surface area contributed by atoms with E-state index in [2.05, 4.69) is 25.2 Å². The SMILES string of the molecule is COC(=O)c1c(NC(=O)c2cc(COc3cc(C)cc(C)c3C)cs2)sc2c1CCC2. The number of hydrogen-bond donors (Lipinski definition) is 1. The smallest absolute Gasteiger partial charge is 0.341 e. The Kier molecular flexibility index (Phi) is 6.16. The molecule has 1 aliphatic rings. The Morgan fingerprint density at radius 3 is 2.71 bits per heavy atom. The number of nitrogens with one attached hydrogen (secondary N) is 1. The number of amides is 1. The molecular weight excluding hydrogens is 430 g/mol. The number of fused-ring (bicyclic) bond motifs is 1. The zero-order valence-electron chi connectivity index (χ0n) is 18.1. The van der Waals surface area contributed by atoms with Gasteiger partial charge in [0.1, 0.15) is 17.4 Å². The van der Waals surface area contributed by atoms with E-state index in [0.717, 1.165) is 47.3 Å². The lowest BCUT2D eigenvalue weighted by atomic mass is 10.1. The molecule has 1 N–H and O–H groups in total. The zero-order chi connectivity index (χ0) is 22.1. The minimum absolute atomic E-state index is 0.219. The molecule has 1 aliphatic carbocycles. The number of aryl methyl sites for hydroxylation is 3. The number of hydrogen-bond acceptors (Lipinski definition) is 6. The fourth-order valence-corrected chi connectivity index (χ4v) is 5.92. The van der Waals surface area contributed by atoms with Crippen LogP contribution in [-0.4, -0.2) is 19.0 Å². The standard InChI is InChI=1S/C24H25NO4S2/c1-13-8-14(2)15(3)18(9-13)29-11-16-10-20(30-12-16)22(26)25-23-21(24(27)28-4)17-6-5-7-19(17)31-23/h8-10,12H,5-7,11H2,1-4H3,(H,25,26). The number of carbonyl (C=O) groups is 2. The molecule has 0 bridgehead atoms. The molecule has 7 heteroatoms. The van der Waals surface area contributed by atoms with Crippen LogP contribution in [0.5, 0.6) is 5.75 Å². The number of ether oxygens (including phenoxy) is 2. The Morgan fingerprint density at radius 1 is 1.13 bits per heavy atom. The molecule has 0 atom stereocenters. The van der Waals surface area contributed by atoms with Crippen LogP contribution in [-0.2, 0) is 24.2 Å². The van der Waals surface area contributed by atoms with E-state index in [4.69, 9.17) is 9.47 Å². The molecule has 1 aromatic carbocycles. The fourth-order valence-electron chi connectivity index (χ4n) is 3.86. The molecule has 0 radical (unpaired) electrons. The van der Waals surface area contributed by atoms with Crippen molar-refractivity contribution >= 4 is 39.6 Å². The van der Waals surface area contributed by atoms with E-state index in [1.54, 1.807) is 0 Å². The van der Waals surface area contributed by atoms with Crippen molar-refractivity contribution in [3.8, 4) is 5.75 Å².